The van der Waals surface area contributed by atoms with Gasteiger partial charge in [0, 0.05) is 27.8 Å². The molecule has 0 aliphatic carbocycles. The summed E-state index contributed by atoms with van der Waals surface area (Å²) >= 11 is 0. The molecule has 0 radical (unpaired) electrons. The van der Waals surface area contributed by atoms with Crippen LogP contribution in [0, 0.1) is 11.8 Å². The van der Waals surface area contributed by atoms with Gasteiger partial charge in [0.1, 0.15) is 6.54 Å². The molecule has 1 rings (SSSR count). The normalized spacial score (nSPS) is 19.2. The Morgan fingerprint density at radius 1 is 1.11 bits per heavy atom. The maximum atomic E-state index is 13.5. The number of likely N-dealkylation sites (N-methyl/N-ethyl adjacent to an activating group) is 1. The Morgan fingerprint density at radius 3 is 2.32 bits per heavy atom. The molecule has 4 amide bonds. The number of methoxy groups -OCH3 is 3. The number of carbonyl (C=O) groups excluding carboxylic acids is 5. The summed E-state index contributed by atoms with van der Waals surface area (Å²) in [4.78, 5) is 64.1. The first kappa shape index (κ1) is 32.3. The number of hydrogen-bond acceptors (Lipinski definition) is 8. The van der Waals surface area contributed by atoms with Gasteiger partial charge in [-0.05, 0) is 18.8 Å². The first-order valence-electron chi connectivity index (χ1n) is 12.7. The monoisotopic (exact) mass is 528 g/mol. The van der Waals surface area contributed by atoms with Crippen molar-refractivity contribution >= 4 is 30.1 Å². The van der Waals surface area contributed by atoms with Crippen LogP contribution in [0.2, 0.25) is 0 Å². The Morgan fingerprint density at radius 2 is 1.78 bits per heavy atom. The van der Waals surface area contributed by atoms with Gasteiger partial charge in [0.25, 0.3) is 0 Å². The van der Waals surface area contributed by atoms with Crippen molar-refractivity contribution in [2.45, 2.75) is 70.7 Å². The predicted molar refractivity (Wildman–Crippen MR) is 135 cm³/mol. The molecule has 0 saturated carbocycles. The lowest BCUT2D eigenvalue weighted by Gasteiger charge is -2.39. The average molecular weight is 529 g/mol. The lowest BCUT2D eigenvalue weighted by molar-refractivity contribution is -0.146. The van der Waals surface area contributed by atoms with Gasteiger partial charge in [0.2, 0.25) is 24.1 Å². The van der Waals surface area contributed by atoms with E-state index in [1.165, 1.54) is 21.3 Å². The summed E-state index contributed by atoms with van der Waals surface area (Å²) in [6.45, 7) is 5.82. The zero-order valence-corrected chi connectivity index (χ0v) is 23.2. The summed E-state index contributed by atoms with van der Waals surface area (Å²) in [7, 11) is 5.91. The van der Waals surface area contributed by atoms with E-state index >= 15 is 0 Å². The van der Waals surface area contributed by atoms with Gasteiger partial charge in [-0.25, -0.2) is 0 Å². The minimum atomic E-state index is -0.617. The molecular weight excluding hydrogens is 484 g/mol. The van der Waals surface area contributed by atoms with Crippen LogP contribution < -0.4 is 10.6 Å². The van der Waals surface area contributed by atoms with Crippen LogP contribution in [0.3, 0.4) is 0 Å². The van der Waals surface area contributed by atoms with E-state index in [9.17, 15) is 24.0 Å². The summed E-state index contributed by atoms with van der Waals surface area (Å²) in [5, 5.41) is 4.93. The van der Waals surface area contributed by atoms with Crippen molar-refractivity contribution in [1.29, 1.82) is 0 Å². The van der Waals surface area contributed by atoms with Gasteiger partial charge in [-0.3, -0.25) is 24.0 Å². The molecule has 1 aliphatic heterocycles. The third-order valence-corrected chi connectivity index (χ3v) is 7.28. The van der Waals surface area contributed by atoms with E-state index in [0.29, 0.717) is 19.4 Å². The molecule has 212 valence electrons. The van der Waals surface area contributed by atoms with E-state index in [1.54, 1.807) is 23.8 Å². The zero-order valence-electron chi connectivity index (χ0n) is 23.2. The van der Waals surface area contributed by atoms with E-state index < -0.39 is 24.1 Å². The fraction of sp³-hybridized carbons (Fsp3) is 0.800. The lowest BCUT2D eigenvalue weighted by Crippen LogP contribution is -2.54. The fourth-order valence-electron chi connectivity index (χ4n) is 4.97. The number of esters is 1. The van der Waals surface area contributed by atoms with Gasteiger partial charge in [0.05, 0.1) is 50.3 Å². The molecule has 12 nitrogen and oxygen atoms in total. The maximum Gasteiger partial charge on any atom is 0.325 e. The summed E-state index contributed by atoms with van der Waals surface area (Å²) in [5.74, 6) is -1.95. The molecule has 12 heteroatoms. The number of nitrogens with zero attached hydrogens (tertiary/aromatic N) is 2. The van der Waals surface area contributed by atoms with Crippen LogP contribution in [0.5, 0.6) is 0 Å². The van der Waals surface area contributed by atoms with Crippen LogP contribution in [0.25, 0.3) is 0 Å². The molecule has 0 spiro atoms. The summed E-state index contributed by atoms with van der Waals surface area (Å²) < 4.78 is 16.0. The van der Waals surface area contributed by atoms with Crippen LogP contribution >= 0.6 is 0 Å². The minimum Gasteiger partial charge on any atom is -0.468 e. The minimum absolute atomic E-state index is 0.0301. The largest absolute Gasteiger partial charge is 0.468 e. The second-order valence-corrected chi connectivity index (χ2v) is 9.44. The molecule has 37 heavy (non-hydrogen) atoms. The third-order valence-electron chi connectivity index (χ3n) is 7.28. The van der Waals surface area contributed by atoms with Crippen molar-refractivity contribution in [1.82, 2.24) is 20.4 Å². The summed E-state index contributed by atoms with van der Waals surface area (Å²) in [6.07, 6.45) is 1.55. The second kappa shape index (κ2) is 16.2. The van der Waals surface area contributed by atoms with Crippen molar-refractivity contribution in [3.63, 3.8) is 0 Å². The van der Waals surface area contributed by atoms with Gasteiger partial charge in [-0.1, -0.05) is 27.2 Å². The Labute approximate surface area is 219 Å². The van der Waals surface area contributed by atoms with Crippen LogP contribution in [-0.4, -0.2) is 112 Å². The summed E-state index contributed by atoms with van der Waals surface area (Å²) in [6, 6.07) is -0.714. The lowest BCUT2D eigenvalue weighted by atomic mass is 9.90. The van der Waals surface area contributed by atoms with Gasteiger partial charge >= 0.3 is 5.97 Å². The van der Waals surface area contributed by atoms with Crippen LogP contribution in [-0.2, 0) is 38.2 Å². The maximum absolute atomic E-state index is 13.5. The second-order valence-electron chi connectivity index (χ2n) is 9.44. The Kier molecular flexibility index (Phi) is 14.1. The number of rotatable bonds is 16. The molecular formula is C25H44N4O8. The van der Waals surface area contributed by atoms with Gasteiger partial charge in [-0.15, -0.1) is 0 Å². The number of amides is 4. The van der Waals surface area contributed by atoms with Gasteiger partial charge in [-0.2, -0.15) is 0 Å². The van der Waals surface area contributed by atoms with E-state index in [0.717, 1.165) is 12.8 Å². The molecule has 1 aliphatic rings. The number of carbonyl (C=O) groups is 5. The van der Waals surface area contributed by atoms with Crippen molar-refractivity contribution in [3.05, 3.63) is 0 Å². The Hall–Kier alpha value is -2.73. The smallest absolute Gasteiger partial charge is 0.325 e. The molecule has 0 aromatic rings. The van der Waals surface area contributed by atoms with E-state index in [2.05, 4.69) is 15.4 Å². The highest BCUT2D eigenvalue weighted by Crippen LogP contribution is 2.29. The molecule has 1 saturated heterocycles. The Bertz CT molecular complexity index is 780. The van der Waals surface area contributed by atoms with Crippen LogP contribution in [0.1, 0.15) is 46.5 Å². The van der Waals surface area contributed by atoms with E-state index in [-0.39, 0.29) is 55.2 Å². The van der Waals surface area contributed by atoms with E-state index in [1.807, 2.05) is 13.8 Å². The van der Waals surface area contributed by atoms with Crippen molar-refractivity contribution in [2.24, 2.45) is 11.8 Å². The standard InChI is InChI=1S/C25H44N4O8/c1-8-16(2)23(28(4)21(32)13-26-15-30)19(35-5)12-20(31)29-11-9-10-18(29)24(37-7)17(3)25(34)27-14-22(33)36-6/h15-19,23-24H,8-14H2,1-7H3,(H,26,30)(H,27,34)/t16-,17+,18-,19+,23?,24+/m0/s1. The van der Waals surface area contributed by atoms with Crippen LogP contribution in [0.15, 0.2) is 0 Å². The molecule has 1 fully saturated rings. The SMILES string of the molecule is CC[C@H](C)C([C@@H](CC(=O)N1CCC[C@H]1[C@H](OC)[C@@H](C)C(=O)NCC(=O)OC)OC)N(C)C(=O)CNC=O. The molecule has 6 atom stereocenters. The number of hydrogen-bond donors (Lipinski definition) is 2. The predicted octanol–water partition coefficient (Wildman–Crippen LogP) is -0.0581. The Balaban J connectivity index is 3.03. The van der Waals surface area contributed by atoms with Gasteiger partial charge in [0.15, 0.2) is 0 Å². The van der Waals surface area contributed by atoms with Gasteiger partial charge < -0.3 is 34.6 Å². The topological polar surface area (TPSA) is 144 Å². The first-order chi connectivity index (χ1) is 17.6. The van der Waals surface area contributed by atoms with Crippen molar-refractivity contribution in [2.75, 3.05) is 48.0 Å². The third kappa shape index (κ3) is 8.96. The van der Waals surface area contributed by atoms with Crippen molar-refractivity contribution < 1.29 is 38.2 Å². The average Bonchev–Trinajstić information content (AvgIpc) is 3.39. The first-order valence-corrected chi connectivity index (χ1v) is 12.7. The number of likely N-dealkylation sites (tertiary alicyclic amines) is 1. The molecule has 0 aromatic heterocycles. The molecule has 0 aromatic carbocycles. The van der Waals surface area contributed by atoms with Crippen LogP contribution in [0.4, 0.5) is 0 Å². The highest BCUT2D eigenvalue weighted by Gasteiger charge is 2.41. The molecule has 0 bridgehead atoms. The number of ether oxygens (including phenoxy) is 3. The van der Waals surface area contributed by atoms with Crippen molar-refractivity contribution in [3.8, 4) is 0 Å². The summed E-state index contributed by atoms with van der Waals surface area (Å²) in [5.41, 5.74) is 0. The molecule has 1 unspecified atom stereocenters. The number of nitrogens with one attached hydrogen (secondary N) is 2. The quantitative estimate of drug-likeness (QED) is 0.210. The fourth-order valence-corrected chi connectivity index (χ4v) is 4.97. The zero-order chi connectivity index (χ0) is 28.1. The molecule has 1 heterocycles. The molecule has 2 N–H and O–H groups in total. The van der Waals surface area contributed by atoms with E-state index in [4.69, 9.17) is 9.47 Å². The highest BCUT2D eigenvalue weighted by molar-refractivity contribution is 5.84. The highest BCUT2D eigenvalue weighted by atomic mass is 16.5.